The number of para-hydroxylation sites is 1. The van der Waals surface area contributed by atoms with E-state index in [1.165, 1.54) is 0 Å². The largest absolute Gasteiger partial charge is 0.457 e. The topological polar surface area (TPSA) is 91.0 Å². The third kappa shape index (κ3) is 5.57. The molecule has 4 amide bonds. The second-order valence-corrected chi connectivity index (χ2v) is 10.3. The van der Waals surface area contributed by atoms with E-state index in [0.717, 1.165) is 11.1 Å². The van der Waals surface area contributed by atoms with Gasteiger partial charge in [-0.3, -0.25) is 14.5 Å². The van der Waals surface area contributed by atoms with Gasteiger partial charge in [-0.1, -0.05) is 60.7 Å². The summed E-state index contributed by atoms with van der Waals surface area (Å²) in [4.78, 5) is 44.0. The summed E-state index contributed by atoms with van der Waals surface area (Å²) in [5.74, 6) is 0.808. The average Bonchev–Trinajstić information content (AvgIpc) is 3.28. The number of hydrogen-bond donors (Lipinski definition) is 2. The van der Waals surface area contributed by atoms with Crippen LogP contribution in [0.4, 0.5) is 4.79 Å². The number of rotatable bonds is 9. The molecule has 40 heavy (non-hydrogen) atoms. The minimum absolute atomic E-state index is 0.0819. The van der Waals surface area contributed by atoms with Crippen molar-refractivity contribution in [1.82, 2.24) is 20.4 Å². The molecule has 0 bridgehead atoms. The van der Waals surface area contributed by atoms with Crippen molar-refractivity contribution in [3.05, 3.63) is 107 Å². The molecule has 0 spiro atoms. The van der Waals surface area contributed by atoms with Crippen molar-refractivity contribution in [3.8, 4) is 11.5 Å². The fourth-order valence-electron chi connectivity index (χ4n) is 5.29. The molecule has 5 rings (SSSR count). The Morgan fingerprint density at radius 2 is 1.65 bits per heavy atom. The molecule has 2 N–H and O–H groups in total. The molecule has 0 fully saturated rings. The van der Waals surface area contributed by atoms with Gasteiger partial charge in [0.1, 0.15) is 17.5 Å². The molecular formula is C32H34N4O4. The van der Waals surface area contributed by atoms with Crippen LogP contribution in [0, 0.1) is 0 Å². The number of ether oxygens (including phenoxy) is 1. The summed E-state index contributed by atoms with van der Waals surface area (Å²) < 4.78 is 6.02. The van der Waals surface area contributed by atoms with Gasteiger partial charge >= 0.3 is 6.03 Å². The Balaban J connectivity index is 1.49. The van der Waals surface area contributed by atoms with Crippen molar-refractivity contribution >= 4 is 17.8 Å². The van der Waals surface area contributed by atoms with Gasteiger partial charge < -0.3 is 20.3 Å². The highest BCUT2D eigenvalue weighted by Crippen LogP contribution is 2.38. The number of nitrogens with one attached hydrogen (secondary N) is 2. The van der Waals surface area contributed by atoms with E-state index in [1.54, 1.807) is 9.80 Å². The fourth-order valence-corrected chi connectivity index (χ4v) is 5.29. The minimum atomic E-state index is -0.731. The number of carbonyl (C=O) groups is 3. The minimum Gasteiger partial charge on any atom is -0.457 e. The van der Waals surface area contributed by atoms with E-state index >= 15 is 0 Å². The lowest BCUT2D eigenvalue weighted by atomic mass is 9.95. The van der Waals surface area contributed by atoms with Gasteiger partial charge in [-0.25, -0.2) is 4.79 Å². The molecule has 3 aromatic carbocycles. The van der Waals surface area contributed by atoms with Crippen LogP contribution in [-0.2, 0) is 16.0 Å². The van der Waals surface area contributed by atoms with E-state index in [2.05, 4.69) is 10.6 Å². The molecule has 0 saturated heterocycles. The summed E-state index contributed by atoms with van der Waals surface area (Å²) in [6, 6.07) is 24.7. The summed E-state index contributed by atoms with van der Waals surface area (Å²) >= 11 is 0. The lowest BCUT2D eigenvalue weighted by Gasteiger charge is -2.33. The lowest BCUT2D eigenvalue weighted by molar-refractivity contribution is -0.136. The first-order chi connectivity index (χ1) is 19.4. The number of carbonyl (C=O) groups excluding carboxylic acids is 3. The van der Waals surface area contributed by atoms with Crippen LogP contribution in [0.15, 0.2) is 96.2 Å². The van der Waals surface area contributed by atoms with Gasteiger partial charge in [-0.15, -0.1) is 0 Å². The zero-order valence-electron chi connectivity index (χ0n) is 23.0. The maximum absolute atomic E-state index is 14.2. The average molecular weight is 539 g/mol. The normalized spacial score (nSPS) is 17.6. The summed E-state index contributed by atoms with van der Waals surface area (Å²) in [6.45, 7) is 6.24. The van der Waals surface area contributed by atoms with Crippen LogP contribution in [0.5, 0.6) is 11.5 Å². The molecular weight excluding hydrogens is 504 g/mol. The van der Waals surface area contributed by atoms with E-state index in [9.17, 15) is 14.4 Å². The van der Waals surface area contributed by atoms with E-state index < -0.39 is 12.1 Å². The Morgan fingerprint density at radius 3 is 2.33 bits per heavy atom. The predicted molar refractivity (Wildman–Crippen MR) is 153 cm³/mol. The van der Waals surface area contributed by atoms with Crippen molar-refractivity contribution in [2.24, 2.45) is 0 Å². The number of urea groups is 1. The highest BCUT2D eigenvalue weighted by Gasteiger charge is 2.46. The molecule has 0 saturated carbocycles. The van der Waals surface area contributed by atoms with Crippen molar-refractivity contribution < 1.29 is 19.1 Å². The number of benzene rings is 3. The number of nitrogens with zero attached hydrogens (tertiary/aromatic N) is 2. The third-order valence-electron chi connectivity index (χ3n) is 7.12. The molecule has 0 unspecified atom stereocenters. The number of amides is 4. The van der Waals surface area contributed by atoms with Gasteiger partial charge in [0.25, 0.3) is 5.91 Å². The highest BCUT2D eigenvalue weighted by atomic mass is 16.5. The summed E-state index contributed by atoms with van der Waals surface area (Å²) in [5.41, 5.74) is 2.79. The predicted octanol–water partition coefficient (Wildman–Crippen LogP) is 4.80. The van der Waals surface area contributed by atoms with Crippen molar-refractivity contribution in [3.63, 3.8) is 0 Å². The Hall–Kier alpha value is -4.59. The summed E-state index contributed by atoms with van der Waals surface area (Å²) in [7, 11) is 0. The van der Waals surface area contributed by atoms with E-state index in [4.69, 9.17) is 4.74 Å². The quantitative estimate of drug-likeness (QED) is 0.410. The molecule has 2 heterocycles. The van der Waals surface area contributed by atoms with Crippen LogP contribution in [0.1, 0.15) is 37.9 Å². The Morgan fingerprint density at radius 1 is 0.975 bits per heavy atom. The SMILES string of the molecule is CCN1C(=O)N[C@H](c2cccc(Oc3ccccc3)c2)C2=C1CN([C@@H](Cc1ccccc1)C(=O)NC(C)C)C2=O. The first-order valence-corrected chi connectivity index (χ1v) is 13.6. The molecule has 8 heteroatoms. The maximum Gasteiger partial charge on any atom is 0.322 e. The first-order valence-electron chi connectivity index (χ1n) is 13.6. The second kappa shape index (κ2) is 11.7. The maximum atomic E-state index is 14.2. The van der Waals surface area contributed by atoms with Crippen molar-refractivity contribution in [2.45, 2.75) is 45.3 Å². The van der Waals surface area contributed by atoms with Crippen molar-refractivity contribution in [2.75, 3.05) is 13.1 Å². The molecule has 8 nitrogen and oxygen atoms in total. The van der Waals surface area contributed by atoms with Crippen LogP contribution in [-0.4, -0.2) is 52.8 Å². The van der Waals surface area contributed by atoms with Gasteiger partial charge in [-0.05, 0) is 56.2 Å². The number of hydrogen-bond acceptors (Lipinski definition) is 4. The summed E-state index contributed by atoms with van der Waals surface area (Å²) in [6.07, 6.45) is 0.365. The van der Waals surface area contributed by atoms with Crippen LogP contribution in [0.2, 0.25) is 0 Å². The first kappa shape index (κ1) is 27.0. The smallest absolute Gasteiger partial charge is 0.322 e. The van der Waals surface area contributed by atoms with E-state index in [0.29, 0.717) is 35.7 Å². The lowest BCUT2D eigenvalue weighted by Crippen LogP contribution is -2.51. The van der Waals surface area contributed by atoms with Crippen LogP contribution in [0.3, 0.4) is 0 Å². The molecule has 0 aromatic heterocycles. The fraction of sp³-hybridized carbons (Fsp3) is 0.281. The molecule has 2 aliphatic rings. The standard InChI is InChI=1S/C32H34N4O4/c1-4-35-27-20-36(26(30(37)33-21(2)3)18-22-12-7-5-8-13-22)31(38)28(27)29(34-32(35)39)23-14-11-17-25(19-23)40-24-15-9-6-10-16-24/h5-17,19,21,26,29H,4,18,20H2,1-3H3,(H,33,37)(H,34,39)/t26-,29+/m0/s1. The highest BCUT2D eigenvalue weighted by molar-refractivity contribution is 6.03. The third-order valence-corrected chi connectivity index (χ3v) is 7.12. The van der Waals surface area contributed by atoms with Gasteiger partial charge in [0.15, 0.2) is 0 Å². The van der Waals surface area contributed by atoms with Crippen LogP contribution in [0.25, 0.3) is 0 Å². The van der Waals surface area contributed by atoms with Gasteiger partial charge in [0, 0.05) is 19.0 Å². The van der Waals surface area contributed by atoms with Gasteiger partial charge in [0.05, 0.1) is 23.9 Å². The zero-order chi connectivity index (χ0) is 28.2. The van der Waals surface area contributed by atoms with Crippen LogP contribution < -0.4 is 15.4 Å². The second-order valence-electron chi connectivity index (χ2n) is 10.3. The van der Waals surface area contributed by atoms with Gasteiger partial charge in [0.2, 0.25) is 5.91 Å². The van der Waals surface area contributed by atoms with E-state index in [-0.39, 0.29) is 30.4 Å². The van der Waals surface area contributed by atoms with Gasteiger partial charge in [-0.2, -0.15) is 0 Å². The molecule has 0 radical (unpaired) electrons. The van der Waals surface area contributed by atoms with E-state index in [1.807, 2.05) is 106 Å². The Labute approximate surface area is 234 Å². The summed E-state index contributed by atoms with van der Waals surface area (Å²) in [5, 5.41) is 6.01. The van der Waals surface area contributed by atoms with Crippen molar-refractivity contribution in [1.29, 1.82) is 0 Å². The molecule has 206 valence electrons. The Kier molecular flexibility index (Phi) is 7.86. The number of likely N-dealkylation sites (N-methyl/N-ethyl adjacent to an activating group) is 1. The molecule has 3 aromatic rings. The monoisotopic (exact) mass is 538 g/mol. The molecule has 2 atom stereocenters. The van der Waals surface area contributed by atoms with Crippen LogP contribution >= 0.6 is 0 Å². The molecule has 2 aliphatic heterocycles. The zero-order valence-corrected chi connectivity index (χ0v) is 23.0. The molecule has 0 aliphatic carbocycles. The Bertz CT molecular complexity index is 1420.